The van der Waals surface area contributed by atoms with Gasteiger partial charge in [-0.1, -0.05) is 30.3 Å². The van der Waals surface area contributed by atoms with Crippen molar-refractivity contribution in [3.63, 3.8) is 0 Å². The van der Waals surface area contributed by atoms with E-state index in [1.807, 2.05) is 6.07 Å². The highest BCUT2D eigenvalue weighted by molar-refractivity contribution is 5.80. The molecule has 0 heterocycles. The summed E-state index contributed by atoms with van der Waals surface area (Å²) in [5, 5.41) is 3.61. The lowest BCUT2D eigenvalue weighted by Gasteiger charge is -2.18. The van der Waals surface area contributed by atoms with Gasteiger partial charge in [-0.15, -0.1) is 0 Å². The molecule has 1 aromatic rings. The Balaban J connectivity index is 1.57. The van der Waals surface area contributed by atoms with Crippen LogP contribution in [-0.2, 0) is 6.54 Å². The van der Waals surface area contributed by atoms with Crippen LogP contribution in [0.5, 0.6) is 0 Å². The van der Waals surface area contributed by atoms with Crippen molar-refractivity contribution in [1.82, 2.24) is 10.2 Å². The van der Waals surface area contributed by atoms with Crippen LogP contribution in [0.15, 0.2) is 35.3 Å². The zero-order valence-corrected chi connectivity index (χ0v) is 11.8. The molecule has 0 saturated heterocycles. The Hall–Kier alpha value is -1.51. The SMILES string of the molecule is CN(C)C(=NCc1ccccc1)N[C@@H]1C[C@H]1C1CC1. The fourth-order valence-electron chi connectivity index (χ4n) is 2.66. The molecule has 0 aliphatic heterocycles. The summed E-state index contributed by atoms with van der Waals surface area (Å²) in [5.74, 6) is 2.95. The van der Waals surface area contributed by atoms with Crippen LogP contribution in [-0.4, -0.2) is 31.0 Å². The van der Waals surface area contributed by atoms with Crippen molar-refractivity contribution in [2.45, 2.75) is 31.8 Å². The van der Waals surface area contributed by atoms with Gasteiger partial charge in [-0.3, -0.25) is 0 Å². The molecule has 2 aliphatic carbocycles. The summed E-state index contributed by atoms with van der Waals surface area (Å²) >= 11 is 0. The summed E-state index contributed by atoms with van der Waals surface area (Å²) in [6.07, 6.45) is 4.23. The van der Waals surface area contributed by atoms with Crippen molar-refractivity contribution >= 4 is 5.96 Å². The maximum atomic E-state index is 4.72. The van der Waals surface area contributed by atoms with Gasteiger partial charge in [-0.05, 0) is 36.7 Å². The molecule has 102 valence electrons. The lowest BCUT2D eigenvalue weighted by atomic mass is 10.2. The number of guanidine groups is 1. The van der Waals surface area contributed by atoms with Crippen LogP contribution in [0.1, 0.15) is 24.8 Å². The second-order valence-corrected chi connectivity index (χ2v) is 6.01. The van der Waals surface area contributed by atoms with Crippen molar-refractivity contribution in [3.05, 3.63) is 35.9 Å². The molecule has 19 heavy (non-hydrogen) atoms. The van der Waals surface area contributed by atoms with Gasteiger partial charge < -0.3 is 10.2 Å². The molecule has 0 spiro atoms. The summed E-state index contributed by atoms with van der Waals surface area (Å²) < 4.78 is 0. The van der Waals surface area contributed by atoms with E-state index in [0.717, 1.165) is 24.3 Å². The van der Waals surface area contributed by atoms with Crippen molar-refractivity contribution in [3.8, 4) is 0 Å². The molecule has 2 aliphatic rings. The maximum Gasteiger partial charge on any atom is 0.193 e. The highest BCUT2D eigenvalue weighted by atomic mass is 15.3. The van der Waals surface area contributed by atoms with Gasteiger partial charge in [0, 0.05) is 20.1 Å². The zero-order chi connectivity index (χ0) is 13.2. The van der Waals surface area contributed by atoms with Gasteiger partial charge in [-0.2, -0.15) is 0 Å². The Labute approximate surface area is 115 Å². The van der Waals surface area contributed by atoms with E-state index in [-0.39, 0.29) is 0 Å². The lowest BCUT2D eigenvalue weighted by molar-refractivity contribution is 0.563. The molecular weight excluding hydrogens is 234 g/mol. The molecule has 0 unspecified atom stereocenters. The van der Waals surface area contributed by atoms with Gasteiger partial charge in [-0.25, -0.2) is 4.99 Å². The number of hydrogen-bond donors (Lipinski definition) is 1. The number of nitrogens with one attached hydrogen (secondary N) is 1. The van der Waals surface area contributed by atoms with Crippen LogP contribution in [0.3, 0.4) is 0 Å². The van der Waals surface area contributed by atoms with Gasteiger partial charge >= 0.3 is 0 Å². The largest absolute Gasteiger partial charge is 0.353 e. The second-order valence-electron chi connectivity index (χ2n) is 6.01. The first-order valence-electron chi connectivity index (χ1n) is 7.26. The Morgan fingerprint density at radius 1 is 1.26 bits per heavy atom. The third-order valence-electron chi connectivity index (χ3n) is 4.06. The molecule has 1 N–H and O–H groups in total. The molecule has 0 amide bonds. The number of nitrogens with zero attached hydrogens (tertiary/aromatic N) is 2. The molecular formula is C16H23N3. The number of rotatable bonds is 4. The summed E-state index contributed by atoms with van der Waals surface area (Å²) in [5.41, 5.74) is 1.26. The third-order valence-corrected chi connectivity index (χ3v) is 4.06. The number of aliphatic imine (C=N–C) groups is 1. The molecule has 0 radical (unpaired) electrons. The maximum absolute atomic E-state index is 4.72. The van der Waals surface area contributed by atoms with Crippen LogP contribution in [0.2, 0.25) is 0 Å². The highest BCUT2D eigenvalue weighted by Crippen LogP contribution is 2.49. The minimum Gasteiger partial charge on any atom is -0.353 e. The minimum atomic E-state index is 0.671. The van der Waals surface area contributed by atoms with Crippen LogP contribution < -0.4 is 5.32 Å². The van der Waals surface area contributed by atoms with E-state index >= 15 is 0 Å². The van der Waals surface area contributed by atoms with Crippen LogP contribution in [0.25, 0.3) is 0 Å². The molecule has 2 fully saturated rings. The summed E-state index contributed by atoms with van der Waals surface area (Å²) in [4.78, 5) is 6.81. The normalized spacial score (nSPS) is 26.1. The van der Waals surface area contributed by atoms with Gasteiger partial charge in [0.2, 0.25) is 0 Å². The number of hydrogen-bond acceptors (Lipinski definition) is 1. The van der Waals surface area contributed by atoms with Gasteiger partial charge in [0.05, 0.1) is 6.54 Å². The molecule has 3 heteroatoms. The van der Waals surface area contributed by atoms with Crippen molar-refractivity contribution in [2.75, 3.05) is 14.1 Å². The standard InChI is InChI=1S/C16H23N3/c1-19(2)16(17-11-12-6-4-3-5-7-12)18-15-10-14(15)13-8-9-13/h3-7,13-15H,8-11H2,1-2H3,(H,17,18)/t14-,15+/m0/s1. The van der Waals surface area contributed by atoms with Gasteiger partial charge in [0.15, 0.2) is 5.96 Å². The van der Waals surface area contributed by atoms with Gasteiger partial charge in [0.25, 0.3) is 0 Å². The van der Waals surface area contributed by atoms with E-state index in [1.165, 1.54) is 24.8 Å². The van der Waals surface area contributed by atoms with E-state index in [2.05, 4.69) is 48.6 Å². The topological polar surface area (TPSA) is 27.6 Å². The monoisotopic (exact) mass is 257 g/mol. The first-order valence-corrected chi connectivity index (χ1v) is 7.26. The highest BCUT2D eigenvalue weighted by Gasteiger charge is 2.47. The predicted octanol–water partition coefficient (Wildman–Crippen LogP) is 2.49. The van der Waals surface area contributed by atoms with Crippen LogP contribution >= 0.6 is 0 Å². The van der Waals surface area contributed by atoms with Crippen molar-refractivity contribution in [2.24, 2.45) is 16.8 Å². The fraction of sp³-hybridized carbons (Fsp3) is 0.562. The molecule has 3 nitrogen and oxygen atoms in total. The van der Waals surface area contributed by atoms with E-state index in [9.17, 15) is 0 Å². The first kappa shape index (κ1) is 12.5. The van der Waals surface area contributed by atoms with E-state index in [0.29, 0.717) is 6.04 Å². The lowest BCUT2D eigenvalue weighted by Crippen LogP contribution is -2.38. The Morgan fingerprint density at radius 3 is 2.63 bits per heavy atom. The third kappa shape index (κ3) is 3.28. The van der Waals surface area contributed by atoms with Gasteiger partial charge in [0.1, 0.15) is 0 Å². The summed E-state index contributed by atoms with van der Waals surface area (Å²) in [7, 11) is 4.12. The minimum absolute atomic E-state index is 0.671. The Morgan fingerprint density at radius 2 is 2.00 bits per heavy atom. The van der Waals surface area contributed by atoms with E-state index in [1.54, 1.807) is 0 Å². The molecule has 3 rings (SSSR count). The smallest absolute Gasteiger partial charge is 0.193 e. The predicted molar refractivity (Wildman–Crippen MR) is 79.0 cm³/mol. The number of benzene rings is 1. The second kappa shape index (κ2) is 5.24. The fourth-order valence-corrected chi connectivity index (χ4v) is 2.66. The zero-order valence-electron chi connectivity index (χ0n) is 11.8. The summed E-state index contributed by atoms with van der Waals surface area (Å²) in [6.45, 7) is 0.752. The summed E-state index contributed by atoms with van der Waals surface area (Å²) in [6, 6.07) is 11.1. The molecule has 2 atom stereocenters. The quantitative estimate of drug-likeness (QED) is 0.663. The van der Waals surface area contributed by atoms with E-state index in [4.69, 9.17) is 4.99 Å². The Bertz CT molecular complexity index is 448. The Kier molecular flexibility index (Phi) is 3.45. The van der Waals surface area contributed by atoms with E-state index < -0.39 is 0 Å². The van der Waals surface area contributed by atoms with Crippen LogP contribution in [0.4, 0.5) is 0 Å². The average Bonchev–Trinajstić information content (AvgIpc) is 3.27. The average molecular weight is 257 g/mol. The first-order chi connectivity index (χ1) is 9.24. The molecule has 1 aromatic carbocycles. The molecule has 2 saturated carbocycles. The molecule has 0 aromatic heterocycles. The van der Waals surface area contributed by atoms with Crippen molar-refractivity contribution in [1.29, 1.82) is 0 Å². The van der Waals surface area contributed by atoms with Crippen LogP contribution in [0, 0.1) is 11.8 Å². The molecule has 0 bridgehead atoms. The van der Waals surface area contributed by atoms with Crippen molar-refractivity contribution < 1.29 is 0 Å².